The van der Waals surface area contributed by atoms with E-state index >= 15 is 0 Å². The minimum absolute atomic E-state index is 0.0283. The SMILES string of the molecule is CN(C(=O)c1ccc(F)c(Cl)c1)C(CN1CC(O)(C2CC2)C1)C1CC1. The van der Waals surface area contributed by atoms with Crippen molar-refractivity contribution < 1.29 is 14.3 Å². The number of halogens is 2. The Kier molecular flexibility index (Phi) is 4.29. The van der Waals surface area contributed by atoms with Crippen molar-refractivity contribution in [3.63, 3.8) is 0 Å². The molecule has 2 saturated carbocycles. The Morgan fingerprint density at radius 3 is 2.64 bits per heavy atom. The maximum absolute atomic E-state index is 13.3. The Balaban J connectivity index is 1.41. The number of aliphatic hydroxyl groups is 1. The molecule has 1 aromatic rings. The molecule has 0 bridgehead atoms. The van der Waals surface area contributed by atoms with Crippen molar-refractivity contribution in [2.24, 2.45) is 11.8 Å². The number of carbonyl (C=O) groups is 1. The first-order chi connectivity index (χ1) is 11.9. The van der Waals surface area contributed by atoms with E-state index < -0.39 is 11.4 Å². The van der Waals surface area contributed by atoms with E-state index in [9.17, 15) is 14.3 Å². The highest BCUT2D eigenvalue weighted by atomic mass is 35.5. The van der Waals surface area contributed by atoms with Gasteiger partial charge in [0.1, 0.15) is 5.82 Å². The van der Waals surface area contributed by atoms with Gasteiger partial charge in [-0.3, -0.25) is 9.69 Å². The lowest BCUT2D eigenvalue weighted by atomic mass is 9.88. The Bertz CT molecular complexity index is 684. The lowest BCUT2D eigenvalue weighted by Crippen LogP contribution is -2.65. The van der Waals surface area contributed by atoms with E-state index in [2.05, 4.69) is 4.90 Å². The summed E-state index contributed by atoms with van der Waals surface area (Å²) in [5, 5.41) is 10.5. The highest BCUT2D eigenvalue weighted by Crippen LogP contribution is 2.45. The Labute approximate surface area is 152 Å². The molecule has 1 saturated heterocycles. The van der Waals surface area contributed by atoms with E-state index in [1.165, 1.54) is 18.2 Å². The van der Waals surface area contributed by atoms with Gasteiger partial charge in [-0.25, -0.2) is 4.39 Å². The zero-order chi connectivity index (χ0) is 17.8. The van der Waals surface area contributed by atoms with E-state index in [0.29, 0.717) is 30.5 Å². The highest BCUT2D eigenvalue weighted by molar-refractivity contribution is 6.31. The first-order valence-corrected chi connectivity index (χ1v) is 9.42. The first-order valence-electron chi connectivity index (χ1n) is 9.04. The van der Waals surface area contributed by atoms with Crippen molar-refractivity contribution in [3.8, 4) is 0 Å². The van der Waals surface area contributed by atoms with Gasteiger partial charge in [-0.1, -0.05) is 11.6 Å². The van der Waals surface area contributed by atoms with Gasteiger partial charge in [-0.15, -0.1) is 0 Å². The van der Waals surface area contributed by atoms with Crippen LogP contribution in [-0.4, -0.2) is 59.1 Å². The predicted molar refractivity (Wildman–Crippen MR) is 94.1 cm³/mol. The second kappa shape index (κ2) is 6.22. The third-order valence-corrected chi connectivity index (χ3v) is 6.22. The number of β-amino-alcohol motifs (C(OH)–C–C–N with tert-alkyl or cyclic N) is 1. The van der Waals surface area contributed by atoms with Crippen LogP contribution in [0.2, 0.25) is 5.02 Å². The van der Waals surface area contributed by atoms with E-state index in [1.54, 1.807) is 4.90 Å². The molecule has 1 aliphatic heterocycles. The molecule has 1 heterocycles. The fraction of sp³-hybridized carbons (Fsp3) is 0.632. The van der Waals surface area contributed by atoms with Crippen molar-refractivity contribution in [2.75, 3.05) is 26.7 Å². The normalized spacial score (nSPS) is 23.8. The topological polar surface area (TPSA) is 43.8 Å². The minimum Gasteiger partial charge on any atom is -0.387 e. The van der Waals surface area contributed by atoms with E-state index in [4.69, 9.17) is 11.6 Å². The van der Waals surface area contributed by atoms with Crippen LogP contribution in [0.5, 0.6) is 0 Å². The van der Waals surface area contributed by atoms with Gasteiger partial charge < -0.3 is 10.0 Å². The fourth-order valence-electron chi connectivity index (χ4n) is 4.05. The Morgan fingerprint density at radius 1 is 1.40 bits per heavy atom. The first kappa shape index (κ1) is 17.3. The van der Waals surface area contributed by atoms with Gasteiger partial charge in [0, 0.05) is 38.3 Å². The van der Waals surface area contributed by atoms with Crippen LogP contribution in [-0.2, 0) is 0 Å². The number of hydrogen-bond donors (Lipinski definition) is 1. The lowest BCUT2D eigenvalue weighted by molar-refractivity contribution is -0.118. The molecule has 3 aliphatic rings. The van der Waals surface area contributed by atoms with Crippen molar-refractivity contribution >= 4 is 17.5 Å². The summed E-state index contributed by atoms with van der Waals surface area (Å²) in [6.45, 7) is 2.22. The van der Waals surface area contributed by atoms with Crippen molar-refractivity contribution in [2.45, 2.75) is 37.3 Å². The van der Waals surface area contributed by atoms with E-state index in [1.807, 2.05) is 7.05 Å². The number of rotatable bonds is 6. The van der Waals surface area contributed by atoms with E-state index in [-0.39, 0.29) is 17.0 Å². The lowest BCUT2D eigenvalue weighted by Gasteiger charge is -2.49. The summed E-state index contributed by atoms with van der Waals surface area (Å²) in [7, 11) is 1.81. The zero-order valence-corrected chi connectivity index (χ0v) is 15.2. The van der Waals surface area contributed by atoms with Crippen LogP contribution in [0.15, 0.2) is 18.2 Å². The average Bonchev–Trinajstić information content (AvgIpc) is 3.43. The smallest absolute Gasteiger partial charge is 0.253 e. The van der Waals surface area contributed by atoms with Gasteiger partial charge in [0.25, 0.3) is 5.91 Å². The van der Waals surface area contributed by atoms with Gasteiger partial charge in [0.2, 0.25) is 0 Å². The number of hydrogen-bond acceptors (Lipinski definition) is 3. The molecule has 0 aromatic heterocycles. The van der Waals surface area contributed by atoms with Crippen molar-refractivity contribution in [1.82, 2.24) is 9.80 Å². The maximum atomic E-state index is 13.3. The molecular formula is C19H24ClFN2O2. The average molecular weight is 367 g/mol. The summed E-state index contributed by atoms with van der Waals surface area (Å²) in [6, 6.07) is 4.25. The predicted octanol–water partition coefficient (Wildman–Crippen LogP) is 2.79. The van der Waals surface area contributed by atoms with E-state index in [0.717, 1.165) is 32.2 Å². The quantitative estimate of drug-likeness (QED) is 0.842. The zero-order valence-electron chi connectivity index (χ0n) is 14.4. The molecule has 1 atom stereocenters. The number of amides is 1. The third kappa shape index (κ3) is 3.42. The second-order valence-corrected chi connectivity index (χ2v) is 8.40. The van der Waals surface area contributed by atoms with Crippen LogP contribution in [0.1, 0.15) is 36.0 Å². The van der Waals surface area contributed by atoms with Crippen LogP contribution in [0.25, 0.3) is 0 Å². The largest absolute Gasteiger partial charge is 0.387 e. The molecule has 3 fully saturated rings. The van der Waals surface area contributed by atoms with Crippen molar-refractivity contribution in [3.05, 3.63) is 34.6 Å². The summed E-state index contributed by atoms with van der Waals surface area (Å²) in [5.74, 6) is 0.347. The molecule has 4 rings (SSSR count). The van der Waals surface area contributed by atoms with Gasteiger partial charge in [-0.2, -0.15) is 0 Å². The molecule has 1 unspecified atom stereocenters. The number of carbonyl (C=O) groups excluding carboxylic acids is 1. The molecule has 1 amide bonds. The summed E-state index contributed by atoms with van der Waals surface area (Å²) in [5.41, 5.74) is -0.0844. The summed E-state index contributed by atoms with van der Waals surface area (Å²) < 4.78 is 13.3. The molecule has 0 radical (unpaired) electrons. The van der Waals surface area contributed by atoms with Crippen LogP contribution in [0, 0.1) is 17.7 Å². The second-order valence-electron chi connectivity index (χ2n) is 8.00. The van der Waals surface area contributed by atoms with Gasteiger partial charge in [-0.05, 0) is 55.7 Å². The monoisotopic (exact) mass is 366 g/mol. The molecule has 1 N–H and O–H groups in total. The van der Waals surface area contributed by atoms with Crippen molar-refractivity contribution in [1.29, 1.82) is 0 Å². The van der Waals surface area contributed by atoms with Crippen LogP contribution in [0.4, 0.5) is 4.39 Å². The Hall–Kier alpha value is -1.17. The molecule has 2 aliphatic carbocycles. The molecule has 25 heavy (non-hydrogen) atoms. The number of likely N-dealkylation sites (tertiary alicyclic amines) is 1. The third-order valence-electron chi connectivity index (χ3n) is 5.93. The molecular weight excluding hydrogens is 343 g/mol. The number of nitrogens with zero attached hydrogens (tertiary/aromatic N) is 2. The molecule has 1 aromatic carbocycles. The molecule has 0 spiro atoms. The highest BCUT2D eigenvalue weighted by Gasteiger charge is 2.52. The maximum Gasteiger partial charge on any atom is 0.253 e. The van der Waals surface area contributed by atoms with Gasteiger partial charge >= 0.3 is 0 Å². The van der Waals surface area contributed by atoms with Crippen LogP contribution < -0.4 is 0 Å². The van der Waals surface area contributed by atoms with Gasteiger partial charge in [0.05, 0.1) is 10.6 Å². The number of benzene rings is 1. The van der Waals surface area contributed by atoms with Gasteiger partial charge in [0.15, 0.2) is 0 Å². The summed E-state index contributed by atoms with van der Waals surface area (Å²) in [6.07, 6.45) is 4.54. The molecule has 6 heteroatoms. The summed E-state index contributed by atoms with van der Waals surface area (Å²) in [4.78, 5) is 16.8. The van der Waals surface area contributed by atoms with Crippen LogP contribution in [0.3, 0.4) is 0 Å². The minimum atomic E-state index is -0.514. The molecule has 4 nitrogen and oxygen atoms in total. The fourth-order valence-corrected chi connectivity index (χ4v) is 4.23. The Morgan fingerprint density at radius 2 is 2.08 bits per heavy atom. The van der Waals surface area contributed by atoms with Crippen LogP contribution >= 0.6 is 11.6 Å². The summed E-state index contributed by atoms with van der Waals surface area (Å²) >= 11 is 5.82. The number of likely N-dealkylation sites (N-methyl/N-ethyl adjacent to an activating group) is 1. The standard InChI is InChI=1S/C19H24ClFN2O2/c1-22(18(24)13-4-7-16(21)15(20)8-13)17(12-2-3-12)9-23-10-19(25,11-23)14-5-6-14/h4,7-8,12,14,17,25H,2-3,5-6,9-11H2,1H3. The molecule has 136 valence electrons.